The molecule has 9 rings (SSSR count). The van der Waals surface area contributed by atoms with Crippen LogP contribution in [0.5, 0.6) is 28.7 Å². The van der Waals surface area contributed by atoms with Gasteiger partial charge in [0.1, 0.15) is 5.75 Å². The third-order valence-corrected chi connectivity index (χ3v) is 14.2. The number of hydrogen-bond acceptors (Lipinski definition) is 4. The monoisotopic (exact) mass is 743 g/mol. The molecule has 0 saturated heterocycles. The van der Waals surface area contributed by atoms with E-state index < -0.39 is 22.4 Å². The number of nitrogens with zero attached hydrogens (tertiary/aromatic N) is 3. The van der Waals surface area contributed by atoms with E-state index in [1.54, 1.807) is 0 Å². The van der Waals surface area contributed by atoms with Crippen molar-refractivity contribution < 1.29 is 18.3 Å². The molecule has 3 aliphatic rings. The van der Waals surface area contributed by atoms with Crippen molar-refractivity contribution in [1.82, 2.24) is 13.0 Å². The van der Waals surface area contributed by atoms with Crippen molar-refractivity contribution in [3.8, 4) is 28.7 Å². The topological polar surface area (TPSA) is 51.7 Å². The molecule has 9 heteroatoms. The Labute approximate surface area is 315 Å². The Morgan fingerprint density at radius 1 is 0.623 bits per heavy atom. The lowest BCUT2D eigenvalue weighted by Crippen LogP contribution is -2.27. The first kappa shape index (κ1) is 34.3. The van der Waals surface area contributed by atoms with E-state index >= 15 is 0 Å². The van der Waals surface area contributed by atoms with Crippen LogP contribution in [0, 0.1) is 0 Å². The van der Waals surface area contributed by atoms with Crippen LogP contribution in [0.1, 0.15) is 100 Å². The van der Waals surface area contributed by atoms with E-state index in [4.69, 9.17) is 18.3 Å². The van der Waals surface area contributed by atoms with Crippen molar-refractivity contribution >= 4 is 17.0 Å². The molecular weight excluding hydrogens is 696 g/mol. The molecule has 1 atom stereocenters. The summed E-state index contributed by atoms with van der Waals surface area (Å²) >= 11 is 0. The van der Waals surface area contributed by atoms with Gasteiger partial charge in [-0.05, 0) is 89.4 Å². The summed E-state index contributed by atoms with van der Waals surface area (Å²) < 4.78 is 35.2. The molecule has 0 bridgehead atoms. The smallest absolute Gasteiger partial charge is 0.421 e. The van der Waals surface area contributed by atoms with Gasteiger partial charge in [0.2, 0.25) is 0 Å². The molecule has 6 aromatic rings. The standard InChI is InChI=1S/C44H47N3O4P2/c1-42(2,3)30-25-35-40(38(27-30)49-52-45-21-11-15-32(45)19-20-33-16-12-22-46(33)52)48-41-36(44(35,7)8)26-31(43(4,5)6)28-39(41)51-53-47-23-13-17-34(47)24-29-14-9-10-18-37(29)50-53/h9-18,21-23,25-28H,19-20,24H2,1-8H3. The maximum Gasteiger partial charge on any atom is 0.421 e. The zero-order valence-corrected chi connectivity index (χ0v) is 33.6. The number of rotatable bonds is 4. The van der Waals surface area contributed by atoms with Crippen molar-refractivity contribution in [3.05, 3.63) is 148 Å². The zero-order chi connectivity index (χ0) is 36.9. The number of ether oxygens (including phenoxy) is 1. The first-order valence-corrected chi connectivity index (χ1v) is 20.8. The van der Waals surface area contributed by atoms with E-state index in [1.165, 1.54) is 22.5 Å². The highest BCUT2D eigenvalue weighted by molar-refractivity contribution is 7.49. The minimum absolute atomic E-state index is 0.122. The maximum atomic E-state index is 7.31. The van der Waals surface area contributed by atoms with Crippen molar-refractivity contribution in [2.75, 3.05) is 0 Å². The molecular formula is C44H47N3O4P2. The Morgan fingerprint density at radius 3 is 1.74 bits per heavy atom. The fraction of sp³-hybridized carbons (Fsp3) is 0.318. The number of hydrogen-bond donors (Lipinski definition) is 0. The molecule has 272 valence electrons. The Kier molecular flexibility index (Phi) is 7.97. The van der Waals surface area contributed by atoms with Crippen molar-refractivity contribution in [2.24, 2.45) is 0 Å². The Bertz CT molecular complexity index is 2330. The number of benzene rings is 3. The average Bonchev–Trinajstić information content (AvgIpc) is 3.85. The summed E-state index contributed by atoms with van der Waals surface area (Å²) in [6, 6.07) is 30.2. The second-order valence-corrected chi connectivity index (χ2v) is 19.8. The van der Waals surface area contributed by atoms with Gasteiger partial charge in [0, 0.05) is 64.2 Å². The van der Waals surface area contributed by atoms with Gasteiger partial charge in [-0.25, -0.2) is 0 Å². The van der Waals surface area contributed by atoms with Crippen LogP contribution < -0.4 is 18.3 Å². The summed E-state index contributed by atoms with van der Waals surface area (Å²) in [7, 11) is -2.88. The van der Waals surface area contributed by atoms with Gasteiger partial charge in [0.05, 0.1) is 0 Å². The van der Waals surface area contributed by atoms with E-state index in [1.807, 2.05) is 12.1 Å². The van der Waals surface area contributed by atoms with Crippen LogP contribution in [0.4, 0.5) is 0 Å². The first-order valence-electron chi connectivity index (χ1n) is 18.5. The molecule has 0 N–H and O–H groups in total. The van der Waals surface area contributed by atoms with E-state index in [0.717, 1.165) is 58.9 Å². The summed E-state index contributed by atoms with van der Waals surface area (Å²) in [5.74, 6) is 3.70. The largest absolute Gasteiger partial charge is 0.449 e. The van der Waals surface area contributed by atoms with Crippen LogP contribution >= 0.6 is 17.0 Å². The first-order chi connectivity index (χ1) is 25.3. The van der Waals surface area contributed by atoms with Gasteiger partial charge in [-0.1, -0.05) is 85.7 Å². The van der Waals surface area contributed by atoms with Crippen LogP contribution in [-0.4, -0.2) is 13.0 Å². The minimum Gasteiger partial charge on any atom is -0.449 e. The third-order valence-electron chi connectivity index (χ3n) is 10.9. The van der Waals surface area contributed by atoms with Crippen molar-refractivity contribution in [2.45, 2.75) is 90.9 Å². The highest BCUT2D eigenvalue weighted by Gasteiger charge is 2.42. The van der Waals surface area contributed by atoms with Crippen LogP contribution in [-0.2, 0) is 35.5 Å². The Hall–Kier alpha value is -4.44. The fourth-order valence-corrected chi connectivity index (χ4v) is 10.8. The zero-order valence-electron chi connectivity index (χ0n) is 31.8. The molecule has 0 spiro atoms. The Morgan fingerprint density at radius 2 is 1.15 bits per heavy atom. The predicted octanol–water partition coefficient (Wildman–Crippen LogP) is 12.1. The lowest BCUT2D eigenvalue weighted by atomic mass is 9.72. The lowest BCUT2D eigenvalue weighted by molar-refractivity contribution is 0.376. The number of aromatic nitrogens is 3. The molecule has 0 radical (unpaired) electrons. The second kappa shape index (κ2) is 12.3. The number of fused-ring (bicyclic) bond motifs is 6. The summed E-state index contributed by atoms with van der Waals surface area (Å²) in [6.07, 6.45) is 9.07. The van der Waals surface area contributed by atoms with Crippen LogP contribution in [0.15, 0.2) is 104 Å². The normalized spacial score (nSPS) is 17.4. The molecule has 0 aliphatic carbocycles. The van der Waals surface area contributed by atoms with Gasteiger partial charge in [0.25, 0.3) is 0 Å². The second-order valence-electron chi connectivity index (χ2n) is 17.0. The fourth-order valence-electron chi connectivity index (χ4n) is 7.59. The van der Waals surface area contributed by atoms with E-state index in [9.17, 15) is 0 Å². The summed E-state index contributed by atoms with van der Waals surface area (Å²) in [4.78, 5) is 0. The van der Waals surface area contributed by atoms with Crippen molar-refractivity contribution in [1.29, 1.82) is 0 Å². The van der Waals surface area contributed by atoms with Gasteiger partial charge in [-0.3, -0.25) is 13.0 Å². The van der Waals surface area contributed by atoms with Crippen molar-refractivity contribution in [3.63, 3.8) is 0 Å². The van der Waals surface area contributed by atoms with Gasteiger partial charge in [-0.15, -0.1) is 0 Å². The minimum atomic E-state index is -1.59. The highest BCUT2D eigenvalue weighted by Crippen LogP contribution is 2.60. The van der Waals surface area contributed by atoms with Gasteiger partial charge in [-0.2, -0.15) is 0 Å². The molecule has 3 aromatic carbocycles. The summed E-state index contributed by atoms with van der Waals surface area (Å²) in [6.45, 7) is 18.2. The molecule has 0 saturated carbocycles. The molecule has 6 heterocycles. The molecule has 1 unspecified atom stereocenters. The van der Waals surface area contributed by atoms with Gasteiger partial charge >= 0.3 is 17.0 Å². The van der Waals surface area contributed by atoms with E-state index in [-0.39, 0.29) is 10.8 Å². The maximum absolute atomic E-state index is 7.31. The van der Waals surface area contributed by atoms with E-state index in [0.29, 0.717) is 11.5 Å². The third kappa shape index (κ3) is 5.88. The van der Waals surface area contributed by atoms with Crippen LogP contribution in [0.3, 0.4) is 0 Å². The number of para-hydroxylation sites is 1. The Balaban J connectivity index is 1.21. The quantitative estimate of drug-likeness (QED) is 0.169. The predicted molar refractivity (Wildman–Crippen MR) is 214 cm³/mol. The van der Waals surface area contributed by atoms with Crippen LogP contribution in [0.25, 0.3) is 0 Å². The highest BCUT2D eigenvalue weighted by atomic mass is 31.2. The van der Waals surface area contributed by atoms with Gasteiger partial charge in [0.15, 0.2) is 23.0 Å². The molecule has 3 aliphatic heterocycles. The average molecular weight is 744 g/mol. The number of aryl methyl sites for hydroxylation is 2. The molecule has 53 heavy (non-hydrogen) atoms. The summed E-state index contributed by atoms with van der Waals surface area (Å²) in [5.41, 5.74) is 8.70. The molecule has 7 nitrogen and oxygen atoms in total. The van der Waals surface area contributed by atoms with Gasteiger partial charge < -0.3 is 18.3 Å². The lowest BCUT2D eigenvalue weighted by Gasteiger charge is -2.39. The molecule has 3 aromatic heterocycles. The SMILES string of the molecule is CC(C)(C)c1cc(OP2Oc3ccccc3Cc3cccn32)c2c(c1)C(C)(C)c1cc(C(C)(C)C)cc(OP3n4cccc4CCc4cccn43)c1O2. The summed E-state index contributed by atoms with van der Waals surface area (Å²) in [5, 5.41) is 0. The molecule has 0 amide bonds. The van der Waals surface area contributed by atoms with E-state index in [2.05, 4.69) is 160 Å². The molecule has 0 fully saturated rings. The van der Waals surface area contributed by atoms with Crippen LogP contribution in [0.2, 0.25) is 0 Å².